The van der Waals surface area contributed by atoms with Crippen LogP contribution in [-0.4, -0.2) is 31.8 Å². The molecule has 0 radical (unpaired) electrons. The van der Waals surface area contributed by atoms with Gasteiger partial charge in [-0.05, 0) is 17.5 Å². The lowest BCUT2D eigenvalue weighted by molar-refractivity contribution is -0.139. The van der Waals surface area contributed by atoms with Crippen molar-refractivity contribution in [1.82, 2.24) is 0 Å². The first-order chi connectivity index (χ1) is 8.35. The van der Waals surface area contributed by atoms with Crippen LogP contribution in [0.15, 0.2) is 24.3 Å². The van der Waals surface area contributed by atoms with Crippen molar-refractivity contribution in [1.29, 1.82) is 0 Å². The van der Waals surface area contributed by atoms with Gasteiger partial charge in [-0.1, -0.05) is 26.0 Å². The van der Waals surface area contributed by atoms with Crippen molar-refractivity contribution in [3.05, 3.63) is 24.3 Å². The van der Waals surface area contributed by atoms with E-state index >= 15 is 0 Å². The molecular weight excluding hydrogens is 230 g/mol. The predicted molar refractivity (Wildman–Crippen MR) is 72.3 cm³/mol. The number of benzene rings is 1. The van der Waals surface area contributed by atoms with Gasteiger partial charge < -0.3 is 14.7 Å². The van der Waals surface area contributed by atoms with Crippen LogP contribution in [0, 0.1) is 5.41 Å². The summed E-state index contributed by atoms with van der Waals surface area (Å²) < 4.78 is 5.30. The van der Waals surface area contributed by atoms with E-state index in [1.54, 1.807) is 7.11 Å². The summed E-state index contributed by atoms with van der Waals surface area (Å²) in [6.45, 7) is 4.56. The Balaban J connectivity index is 2.81. The summed E-state index contributed by atoms with van der Waals surface area (Å²) in [5.41, 5.74) is 0.681. The van der Waals surface area contributed by atoms with E-state index in [1.165, 1.54) is 0 Å². The Hall–Kier alpha value is -1.71. The minimum Gasteiger partial charge on any atom is -0.495 e. The molecule has 0 saturated carbocycles. The van der Waals surface area contributed by atoms with Crippen LogP contribution < -0.4 is 9.64 Å². The van der Waals surface area contributed by atoms with Gasteiger partial charge in [0.05, 0.1) is 19.2 Å². The van der Waals surface area contributed by atoms with E-state index in [1.807, 2.05) is 50.1 Å². The second kappa shape index (κ2) is 5.76. The van der Waals surface area contributed by atoms with Crippen molar-refractivity contribution in [2.45, 2.75) is 20.3 Å². The summed E-state index contributed by atoms with van der Waals surface area (Å²) in [4.78, 5) is 12.8. The van der Waals surface area contributed by atoms with E-state index in [0.29, 0.717) is 6.54 Å². The molecule has 0 unspecified atom stereocenters. The largest absolute Gasteiger partial charge is 0.495 e. The van der Waals surface area contributed by atoms with Crippen LogP contribution in [0.2, 0.25) is 0 Å². The number of ether oxygens (including phenoxy) is 1. The molecule has 0 aliphatic heterocycles. The van der Waals surface area contributed by atoms with Crippen LogP contribution in [0.1, 0.15) is 20.3 Å². The fourth-order valence-electron chi connectivity index (χ4n) is 2.14. The first-order valence-corrected chi connectivity index (χ1v) is 5.92. The van der Waals surface area contributed by atoms with Crippen LogP contribution in [0.25, 0.3) is 0 Å². The molecule has 0 aliphatic rings. The number of hydrogen-bond donors (Lipinski definition) is 1. The van der Waals surface area contributed by atoms with Crippen molar-refractivity contribution < 1.29 is 14.6 Å². The fourth-order valence-corrected chi connectivity index (χ4v) is 2.14. The Morgan fingerprint density at radius 2 is 2.00 bits per heavy atom. The Kier molecular flexibility index (Phi) is 4.59. The number of rotatable bonds is 6. The van der Waals surface area contributed by atoms with Crippen LogP contribution in [0.3, 0.4) is 0 Å². The number of nitrogens with zero attached hydrogens (tertiary/aromatic N) is 1. The van der Waals surface area contributed by atoms with E-state index in [2.05, 4.69) is 0 Å². The smallest absolute Gasteiger partial charge is 0.303 e. The lowest BCUT2D eigenvalue weighted by atomic mass is 9.88. The van der Waals surface area contributed by atoms with Gasteiger partial charge in [0, 0.05) is 13.6 Å². The first kappa shape index (κ1) is 14.4. The number of methoxy groups -OCH3 is 1. The van der Waals surface area contributed by atoms with Gasteiger partial charge in [0.15, 0.2) is 0 Å². The monoisotopic (exact) mass is 251 g/mol. The molecule has 1 aromatic rings. The number of aliphatic carboxylic acids is 1. The second-order valence-corrected chi connectivity index (χ2v) is 5.26. The number of hydrogen-bond acceptors (Lipinski definition) is 3. The summed E-state index contributed by atoms with van der Waals surface area (Å²) in [5.74, 6) is 0.0274. The Bertz CT molecular complexity index is 415. The molecule has 0 aliphatic carbocycles. The number of carbonyl (C=O) groups is 1. The van der Waals surface area contributed by atoms with Gasteiger partial charge >= 0.3 is 5.97 Å². The third kappa shape index (κ3) is 3.95. The molecule has 4 nitrogen and oxygen atoms in total. The number of carboxylic acid groups (broad SMARTS) is 1. The molecule has 18 heavy (non-hydrogen) atoms. The molecule has 0 aromatic heterocycles. The maximum Gasteiger partial charge on any atom is 0.303 e. The summed E-state index contributed by atoms with van der Waals surface area (Å²) in [5, 5.41) is 8.89. The molecule has 4 heteroatoms. The summed E-state index contributed by atoms with van der Waals surface area (Å²) in [6.07, 6.45) is 0.145. The Morgan fingerprint density at radius 3 is 2.56 bits per heavy atom. The molecule has 0 amide bonds. The normalized spacial score (nSPS) is 11.1. The van der Waals surface area contributed by atoms with Gasteiger partial charge in [-0.15, -0.1) is 0 Å². The fraction of sp³-hybridized carbons (Fsp3) is 0.500. The molecule has 1 rings (SSSR count). The van der Waals surface area contributed by atoms with Crippen molar-refractivity contribution in [3.8, 4) is 5.75 Å². The summed E-state index contributed by atoms with van der Waals surface area (Å²) in [6, 6.07) is 7.73. The van der Waals surface area contributed by atoms with Crippen LogP contribution in [0.5, 0.6) is 5.75 Å². The Morgan fingerprint density at radius 1 is 1.39 bits per heavy atom. The first-order valence-electron chi connectivity index (χ1n) is 5.92. The standard InChI is InChI=1S/C14H21NO3/c1-14(2,9-13(16)17)10-15(3)11-7-5-6-8-12(11)18-4/h5-8H,9-10H2,1-4H3,(H,16,17). The highest BCUT2D eigenvalue weighted by Crippen LogP contribution is 2.30. The third-order valence-corrected chi connectivity index (χ3v) is 2.79. The van der Waals surface area contributed by atoms with Gasteiger partial charge in [-0.2, -0.15) is 0 Å². The zero-order chi connectivity index (χ0) is 13.8. The van der Waals surface area contributed by atoms with E-state index in [0.717, 1.165) is 11.4 Å². The Labute approximate surface area is 108 Å². The van der Waals surface area contributed by atoms with Crippen LogP contribution >= 0.6 is 0 Å². The SMILES string of the molecule is COc1ccccc1N(C)CC(C)(C)CC(=O)O. The molecule has 100 valence electrons. The minimum atomic E-state index is -0.770. The van der Waals surface area contributed by atoms with E-state index in [-0.39, 0.29) is 11.8 Å². The average Bonchev–Trinajstić information content (AvgIpc) is 2.26. The molecule has 0 atom stereocenters. The quantitative estimate of drug-likeness (QED) is 0.844. The predicted octanol–water partition coefficient (Wildman–Crippen LogP) is 2.63. The lowest BCUT2D eigenvalue weighted by Gasteiger charge is -2.31. The molecule has 0 spiro atoms. The van der Waals surface area contributed by atoms with Crippen LogP contribution in [-0.2, 0) is 4.79 Å². The average molecular weight is 251 g/mol. The van der Waals surface area contributed by atoms with Crippen molar-refractivity contribution in [2.75, 3.05) is 25.6 Å². The highest BCUT2D eigenvalue weighted by atomic mass is 16.5. The van der Waals surface area contributed by atoms with Crippen molar-refractivity contribution >= 4 is 11.7 Å². The summed E-state index contributed by atoms with van der Waals surface area (Å²) in [7, 11) is 3.58. The molecule has 1 N–H and O–H groups in total. The number of para-hydroxylation sites is 2. The van der Waals surface area contributed by atoms with Gasteiger partial charge in [-0.3, -0.25) is 4.79 Å². The molecule has 1 aromatic carbocycles. The summed E-state index contributed by atoms with van der Waals surface area (Å²) >= 11 is 0. The lowest BCUT2D eigenvalue weighted by Crippen LogP contribution is -2.33. The minimum absolute atomic E-state index is 0.145. The van der Waals surface area contributed by atoms with Gasteiger partial charge in [0.2, 0.25) is 0 Å². The van der Waals surface area contributed by atoms with E-state index < -0.39 is 5.97 Å². The highest BCUT2D eigenvalue weighted by molar-refractivity contribution is 5.68. The van der Waals surface area contributed by atoms with Gasteiger partial charge in [0.25, 0.3) is 0 Å². The highest BCUT2D eigenvalue weighted by Gasteiger charge is 2.24. The van der Waals surface area contributed by atoms with Gasteiger partial charge in [-0.25, -0.2) is 0 Å². The zero-order valence-electron chi connectivity index (χ0n) is 11.4. The maximum absolute atomic E-state index is 10.8. The van der Waals surface area contributed by atoms with Crippen molar-refractivity contribution in [3.63, 3.8) is 0 Å². The maximum atomic E-state index is 10.8. The van der Waals surface area contributed by atoms with Gasteiger partial charge in [0.1, 0.15) is 5.75 Å². The molecule has 0 fully saturated rings. The zero-order valence-corrected chi connectivity index (χ0v) is 11.4. The molecule has 0 saturated heterocycles. The number of anilines is 1. The number of carboxylic acids is 1. The second-order valence-electron chi connectivity index (χ2n) is 5.26. The van der Waals surface area contributed by atoms with Crippen molar-refractivity contribution in [2.24, 2.45) is 5.41 Å². The van der Waals surface area contributed by atoms with Crippen LogP contribution in [0.4, 0.5) is 5.69 Å². The third-order valence-electron chi connectivity index (χ3n) is 2.79. The molecule has 0 heterocycles. The van der Waals surface area contributed by atoms with E-state index in [9.17, 15) is 4.79 Å². The molecular formula is C14H21NO3. The topological polar surface area (TPSA) is 49.8 Å². The van der Waals surface area contributed by atoms with E-state index in [4.69, 9.17) is 9.84 Å². The molecule has 0 bridgehead atoms.